The van der Waals surface area contributed by atoms with Crippen LogP contribution in [0.3, 0.4) is 0 Å². The first-order valence-electron chi connectivity index (χ1n) is 5.43. The van der Waals surface area contributed by atoms with Crippen LogP contribution in [0.5, 0.6) is 0 Å². The minimum absolute atomic E-state index is 0.209. The van der Waals surface area contributed by atoms with Crippen molar-refractivity contribution in [1.29, 1.82) is 0 Å². The molecule has 0 unspecified atom stereocenters. The van der Waals surface area contributed by atoms with E-state index in [1.165, 1.54) is 0 Å². The van der Waals surface area contributed by atoms with Crippen LogP contribution in [0.2, 0.25) is 0 Å². The number of hydrogen-bond acceptors (Lipinski definition) is 1. The van der Waals surface area contributed by atoms with Gasteiger partial charge in [0.1, 0.15) is 0 Å². The van der Waals surface area contributed by atoms with E-state index in [9.17, 15) is 4.79 Å². The lowest BCUT2D eigenvalue weighted by atomic mass is 10.1. The number of benzene rings is 2. The molecule has 0 fully saturated rings. The van der Waals surface area contributed by atoms with Crippen LogP contribution in [-0.4, -0.2) is 5.78 Å². The van der Waals surface area contributed by atoms with Crippen molar-refractivity contribution in [1.82, 2.24) is 0 Å². The maximum Gasteiger partial charge on any atom is 0.162 e. The second-order valence-electron chi connectivity index (χ2n) is 3.30. The van der Waals surface area contributed by atoms with Crippen molar-refractivity contribution in [3.05, 3.63) is 72.3 Å². The molecule has 82 valence electrons. The SMILES string of the molecule is CCC(=O)c1ccccc1.c1ccccc1. The van der Waals surface area contributed by atoms with Crippen LogP contribution in [0, 0.1) is 0 Å². The highest BCUT2D eigenvalue weighted by Crippen LogP contribution is 2.01. The van der Waals surface area contributed by atoms with Gasteiger partial charge in [0.25, 0.3) is 0 Å². The van der Waals surface area contributed by atoms with E-state index in [-0.39, 0.29) is 5.78 Å². The third-order valence-corrected chi connectivity index (χ3v) is 2.08. The molecule has 0 amide bonds. The summed E-state index contributed by atoms with van der Waals surface area (Å²) in [5, 5.41) is 0. The Morgan fingerprint density at radius 1 is 0.812 bits per heavy atom. The van der Waals surface area contributed by atoms with E-state index in [1.54, 1.807) is 0 Å². The Bertz CT molecular complexity index is 366. The summed E-state index contributed by atoms with van der Waals surface area (Å²) in [6, 6.07) is 21.3. The van der Waals surface area contributed by atoms with Gasteiger partial charge in [-0.25, -0.2) is 0 Å². The zero-order valence-corrected chi connectivity index (χ0v) is 9.47. The number of carbonyl (C=O) groups is 1. The summed E-state index contributed by atoms with van der Waals surface area (Å²) >= 11 is 0. The van der Waals surface area contributed by atoms with Gasteiger partial charge in [-0.2, -0.15) is 0 Å². The van der Waals surface area contributed by atoms with Gasteiger partial charge in [-0.05, 0) is 0 Å². The first kappa shape index (κ1) is 12.2. The van der Waals surface area contributed by atoms with Gasteiger partial charge in [0, 0.05) is 12.0 Å². The molecule has 0 aromatic heterocycles. The van der Waals surface area contributed by atoms with Gasteiger partial charge in [-0.3, -0.25) is 4.79 Å². The average molecular weight is 212 g/mol. The maximum atomic E-state index is 11.0. The van der Waals surface area contributed by atoms with Crippen LogP contribution in [0.4, 0.5) is 0 Å². The lowest BCUT2D eigenvalue weighted by Gasteiger charge is -1.93. The van der Waals surface area contributed by atoms with E-state index in [2.05, 4.69) is 0 Å². The molecule has 0 aliphatic rings. The quantitative estimate of drug-likeness (QED) is 0.688. The Balaban J connectivity index is 0.000000181. The molecule has 0 spiro atoms. The van der Waals surface area contributed by atoms with Crippen molar-refractivity contribution in [2.75, 3.05) is 0 Å². The van der Waals surface area contributed by atoms with Crippen molar-refractivity contribution < 1.29 is 4.79 Å². The number of carbonyl (C=O) groups excluding carboxylic acids is 1. The molecule has 0 aliphatic carbocycles. The highest BCUT2D eigenvalue weighted by atomic mass is 16.1. The predicted molar refractivity (Wildman–Crippen MR) is 67.5 cm³/mol. The van der Waals surface area contributed by atoms with E-state index >= 15 is 0 Å². The fourth-order valence-corrected chi connectivity index (χ4v) is 1.21. The fraction of sp³-hybridized carbons (Fsp3) is 0.133. The fourth-order valence-electron chi connectivity index (χ4n) is 1.21. The molecule has 2 aromatic rings. The highest BCUT2D eigenvalue weighted by molar-refractivity contribution is 5.95. The lowest BCUT2D eigenvalue weighted by Crippen LogP contribution is -1.94. The van der Waals surface area contributed by atoms with Crippen molar-refractivity contribution in [3.63, 3.8) is 0 Å². The van der Waals surface area contributed by atoms with Crippen molar-refractivity contribution in [2.45, 2.75) is 13.3 Å². The Morgan fingerprint density at radius 2 is 1.19 bits per heavy atom. The van der Waals surface area contributed by atoms with E-state index in [1.807, 2.05) is 73.7 Å². The van der Waals surface area contributed by atoms with Crippen molar-refractivity contribution >= 4 is 5.78 Å². The maximum absolute atomic E-state index is 11.0. The van der Waals surface area contributed by atoms with E-state index < -0.39 is 0 Å². The Kier molecular flexibility index (Phi) is 5.64. The van der Waals surface area contributed by atoms with E-state index in [0.717, 1.165) is 5.56 Å². The molecular formula is C15H16O. The van der Waals surface area contributed by atoms with Gasteiger partial charge in [-0.1, -0.05) is 73.7 Å². The number of rotatable bonds is 2. The summed E-state index contributed by atoms with van der Waals surface area (Å²) in [7, 11) is 0. The van der Waals surface area contributed by atoms with E-state index in [0.29, 0.717) is 6.42 Å². The lowest BCUT2D eigenvalue weighted by molar-refractivity contribution is 0.0988. The second-order valence-corrected chi connectivity index (χ2v) is 3.30. The summed E-state index contributed by atoms with van der Waals surface area (Å²) in [5.74, 6) is 0.209. The number of hydrogen-bond donors (Lipinski definition) is 0. The summed E-state index contributed by atoms with van der Waals surface area (Å²) < 4.78 is 0. The molecule has 0 atom stereocenters. The second kappa shape index (κ2) is 7.41. The highest BCUT2D eigenvalue weighted by Gasteiger charge is 1.98. The van der Waals surface area contributed by atoms with E-state index in [4.69, 9.17) is 0 Å². The van der Waals surface area contributed by atoms with Crippen molar-refractivity contribution in [3.8, 4) is 0 Å². The molecule has 1 nitrogen and oxygen atoms in total. The molecule has 0 aliphatic heterocycles. The van der Waals surface area contributed by atoms with Gasteiger partial charge in [0.15, 0.2) is 5.78 Å². The molecule has 16 heavy (non-hydrogen) atoms. The van der Waals surface area contributed by atoms with Crippen LogP contribution in [0.1, 0.15) is 23.7 Å². The van der Waals surface area contributed by atoms with Crippen LogP contribution in [-0.2, 0) is 0 Å². The van der Waals surface area contributed by atoms with Crippen LogP contribution in [0.25, 0.3) is 0 Å². The van der Waals surface area contributed by atoms with Gasteiger partial charge < -0.3 is 0 Å². The smallest absolute Gasteiger partial charge is 0.162 e. The Labute approximate surface area is 96.8 Å². The zero-order valence-electron chi connectivity index (χ0n) is 9.47. The van der Waals surface area contributed by atoms with Gasteiger partial charge in [-0.15, -0.1) is 0 Å². The number of Topliss-reactive ketones (excluding diaryl/α,β-unsaturated/α-hetero) is 1. The molecule has 0 heterocycles. The van der Waals surface area contributed by atoms with Gasteiger partial charge >= 0.3 is 0 Å². The monoisotopic (exact) mass is 212 g/mol. The number of ketones is 1. The largest absolute Gasteiger partial charge is 0.294 e. The van der Waals surface area contributed by atoms with Crippen LogP contribution >= 0.6 is 0 Å². The molecule has 0 radical (unpaired) electrons. The summed E-state index contributed by atoms with van der Waals surface area (Å²) in [6.45, 7) is 1.87. The molecule has 2 aromatic carbocycles. The first-order valence-corrected chi connectivity index (χ1v) is 5.43. The molecule has 2 rings (SSSR count). The van der Waals surface area contributed by atoms with Crippen LogP contribution in [0.15, 0.2) is 66.7 Å². The van der Waals surface area contributed by atoms with Crippen molar-refractivity contribution in [2.24, 2.45) is 0 Å². The zero-order chi connectivity index (χ0) is 11.6. The average Bonchev–Trinajstić information content (AvgIpc) is 2.41. The standard InChI is InChI=1S/C9H10O.C6H6/c1-2-9(10)8-6-4-3-5-7-8;1-2-4-6-5-3-1/h3-7H,2H2,1H3;1-6H. The summed E-state index contributed by atoms with van der Waals surface area (Å²) in [4.78, 5) is 11.0. The topological polar surface area (TPSA) is 17.1 Å². The third-order valence-electron chi connectivity index (χ3n) is 2.08. The van der Waals surface area contributed by atoms with Gasteiger partial charge in [0.05, 0.1) is 0 Å². The first-order chi connectivity index (χ1) is 7.84. The van der Waals surface area contributed by atoms with Crippen LogP contribution < -0.4 is 0 Å². The predicted octanol–water partition coefficient (Wildman–Crippen LogP) is 3.97. The third kappa shape index (κ3) is 4.56. The molecular weight excluding hydrogens is 196 g/mol. The Morgan fingerprint density at radius 3 is 1.56 bits per heavy atom. The van der Waals surface area contributed by atoms with Gasteiger partial charge in [0.2, 0.25) is 0 Å². The molecule has 1 heteroatoms. The minimum Gasteiger partial charge on any atom is -0.294 e. The molecule has 0 N–H and O–H groups in total. The molecule has 0 saturated heterocycles. The normalized spacial score (nSPS) is 8.81. The minimum atomic E-state index is 0.209. The Hall–Kier alpha value is -1.89. The molecule has 0 bridgehead atoms. The summed E-state index contributed by atoms with van der Waals surface area (Å²) in [5.41, 5.74) is 0.810. The summed E-state index contributed by atoms with van der Waals surface area (Å²) in [6.07, 6.45) is 0.587. The molecule has 0 saturated carbocycles.